The number of carboxylic acid groups (broad SMARTS) is 1. The summed E-state index contributed by atoms with van der Waals surface area (Å²) in [7, 11) is 0. The maximum absolute atomic E-state index is 10.0. The second kappa shape index (κ2) is 3.25. The summed E-state index contributed by atoms with van der Waals surface area (Å²) < 4.78 is 4.47. The molecule has 0 saturated carbocycles. The zero-order chi connectivity index (χ0) is 7.40. The van der Waals surface area contributed by atoms with E-state index in [1.807, 2.05) is 6.08 Å². The smallest absolute Gasteiger partial charge is 0.449 e. The van der Waals surface area contributed by atoms with Crippen molar-refractivity contribution in [3.63, 3.8) is 0 Å². The van der Waals surface area contributed by atoms with Gasteiger partial charge in [0.15, 0.2) is 0 Å². The van der Waals surface area contributed by atoms with Crippen LogP contribution in [-0.2, 0) is 4.74 Å². The maximum Gasteiger partial charge on any atom is 0.511 e. The molecule has 0 aromatic rings. The van der Waals surface area contributed by atoms with Gasteiger partial charge in [-0.05, 0) is 25.3 Å². The van der Waals surface area contributed by atoms with Crippen LogP contribution in [-0.4, -0.2) is 11.3 Å². The van der Waals surface area contributed by atoms with Crippen molar-refractivity contribution in [2.24, 2.45) is 0 Å². The van der Waals surface area contributed by atoms with Crippen LogP contribution in [0.15, 0.2) is 11.8 Å². The van der Waals surface area contributed by atoms with Crippen LogP contribution in [0, 0.1) is 0 Å². The molecule has 1 N–H and O–H groups in total. The van der Waals surface area contributed by atoms with Crippen molar-refractivity contribution < 1.29 is 14.6 Å². The van der Waals surface area contributed by atoms with E-state index >= 15 is 0 Å². The molecule has 0 aromatic heterocycles. The Hall–Kier alpha value is -0.990. The third-order valence-electron chi connectivity index (χ3n) is 1.47. The van der Waals surface area contributed by atoms with Crippen LogP contribution in [0.25, 0.3) is 0 Å². The van der Waals surface area contributed by atoms with Crippen LogP contribution >= 0.6 is 0 Å². The minimum Gasteiger partial charge on any atom is -0.449 e. The van der Waals surface area contributed by atoms with Gasteiger partial charge in [-0.15, -0.1) is 0 Å². The molecule has 1 aliphatic carbocycles. The first-order valence-corrected chi connectivity index (χ1v) is 3.39. The van der Waals surface area contributed by atoms with Gasteiger partial charge in [0.1, 0.15) is 5.76 Å². The number of carbonyl (C=O) groups is 1. The molecule has 56 valence electrons. The van der Waals surface area contributed by atoms with E-state index in [-0.39, 0.29) is 0 Å². The van der Waals surface area contributed by atoms with Gasteiger partial charge in [-0.3, -0.25) is 0 Å². The monoisotopic (exact) mass is 142 g/mol. The van der Waals surface area contributed by atoms with Crippen LogP contribution in [0.1, 0.15) is 25.7 Å². The fourth-order valence-corrected chi connectivity index (χ4v) is 1.01. The Morgan fingerprint density at radius 3 is 2.90 bits per heavy atom. The second-order valence-electron chi connectivity index (χ2n) is 2.28. The number of hydrogen-bond acceptors (Lipinski definition) is 2. The molecule has 3 heteroatoms. The normalized spacial score (nSPS) is 17.8. The van der Waals surface area contributed by atoms with Gasteiger partial charge in [0.05, 0.1) is 0 Å². The summed E-state index contributed by atoms with van der Waals surface area (Å²) in [6.45, 7) is 0. The van der Waals surface area contributed by atoms with E-state index in [0.717, 1.165) is 25.7 Å². The number of rotatable bonds is 1. The Bertz CT molecular complexity index is 160. The van der Waals surface area contributed by atoms with Crippen LogP contribution in [0.2, 0.25) is 0 Å². The molecule has 0 aliphatic heterocycles. The largest absolute Gasteiger partial charge is 0.511 e. The molecule has 0 fully saturated rings. The van der Waals surface area contributed by atoms with E-state index in [2.05, 4.69) is 4.74 Å². The van der Waals surface area contributed by atoms with Crippen molar-refractivity contribution >= 4 is 6.16 Å². The van der Waals surface area contributed by atoms with Crippen molar-refractivity contribution in [2.45, 2.75) is 25.7 Å². The molecule has 0 saturated heterocycles. The molecule has 0 heterocycles. The molecular formula is C7H10O3. The Balaban J connectivity index is 2.38. The minimum atomic E-state index is -1.20. The van der Waals surface area contributed by atoms with E-state index in [4.69, 9.17) is 5.11 Å². The molecule has 0 radical (unpaired) electrons. The first kappa shape index (κ1) is 7.12. The molecule has 0 aromatic carbocycles. The van der Waals surface area contributed by atoms with Crippen LogP contribution in [0.4, 0.5) is 4.79 Å². The van der Waals surface area contributed by atoms with Crippen LogP contribution < -0.4 is 0 Å². The van der Waals surface area contributed by atoms with Crippen LogP contribution in [0.3, 0.4) is 0 Å². The minimum absolute atomic E-state index is 0.610. The zero-order valence-corrected chi connectivity index (χ0v) is 5.67. The highest BCUT2D eigenvalue weighted by Gasteiger charge is 2.07. The Labute approximate surface area is 59.3 Å². The molecule has 0 unspecified atom stereocenters. The summed E-state index contributed by atoms with van der Waals surface area (Å²) in [4.78, 5) is 10.0. The van der Waals surface area contributed by atoms with Gasteiger partial charge >= 0.3 is 6.16 Å². The van der Waals surface area contributed by atoms with E-state index in [0.29, 0.717) is 5.76 Å². The van der Waals surface area contributed by atoms with Gasteiger partial charge < -0.3 is 9.84 Å². The number of allylic oxidation sites excluding steroid dienone is 2. The Morgan fingerprint density at radius 2 is 2.40 bits per heavy atom. The Morgan fingerprint density at radius 1 is 1.60 bits per heavy atom. The summed E-state index contributed by atoms with van der Waals surface area (Å²) in [6, 6.07) is 0. The van der Waals surface area contributed by atoms with Crippen molar-refractivity contribution in [3.8, 4) is 0 Å². The standard InChI is InChI=1S/C7H10O3/c8-7(9)10-6-4-2-1-3-5-6/h4H,1-3,5H2,(H,8,9). The highest BCUT2D eigenvalue weighted by Crippen LogP contribution is 2.17. The van der Waals surface area contributed by atoms with E-state index in [1.165, 1.54) is 0 Å². The van der Waals surface area contributed by atoms with Crippen LogP contribution in [0.5, 0.6) is 0 Å². The first-order chi connectivity index (χ1) is 4.79. The zero-order valence-electron chi connectivity index (χ0n) is 5.67. The first-order valence-electron chi connectivity index (χ1n) is 3.39. The number of hydrogen-bond donors (Lipinski definition) is 1. The summed E-state index contributed by atoms with van der Waals surface area (Å²) in [5, 5.41) is 8.20. The molecule has 0 atom stereocenters. The average molecular weight is 142 g/mol. The fourth-order valence-electron chi connectivity index (χ4n) is 1.01. The highest BCUT2D eigenvalue weighted by atomic mass is 16.7. The van der Waals surface area contributed by atoms with Gasteiger partial charge in [-0.2, -0.15) is 0 Å². The molecule has 10 heavy (non-hydrogen) atoms. The molecule has 0 amide bonds. The summed E-state index contributed by atoms with van der Waals surface area (Å²) in [6.07, 6.45) is 4.55. The quantitative estimate of drug-likeness (QED) is 0.570. The SMILES string of the molecule is O=C(O)OC1=CCCCC1. The van der Waals surface area contributed by atoms with Gasteiger partial charge in [0.25, 0.3) is 0 Å². The average Bonchev–Trinajstić information content (AvgIpc) is 1.88. The van der Waals surface area contributed by atoms with E-state index in [9.17, 15) is 4.79 Å². The van der Waals surface area contributed by atoms with Crippen molar-refractivity contribution in [2.75, 3.05) is 0 Å². The molecule has 1 aliphatic rings. The predicted octanol–water partition coefficient (Wildman–Crippen LogP) is 2.14. The molecular weight excluding hydrogens is 132 g/mol. The third-order valence-corrected chi connectivity index (χ3v) is 1.47. The lowest BCUT2D eigenvalue weighted by atomic mass is 10.1. The van der Waals surface area contributed by atoms with Gasteiger partial charge in [0.2, 0.25) is 0 Å². The summed E-state index contributed by atoms with van der Waals surface area (Å²) in [5.74, 6) is 0.610. The van der Waals surface area contributed by atoms with E-state index in [1.54, 1.807) is 0 Å². The van der Waals surface area contributed by atoms with Crippen molar-refractivity contribution in [1.29, 1.82) is 0 Å². The summed E-state index contributed by atoms with van der Waals surface area (Å²) in [5.41, 5.74) is 0. The molecule has 3 nitrogen and oxygen atoms in total. The predicted molar refractivity (Wildman–Crippen MR) is 35.7 cm³/mol. The maximum atomic E-state index is 10.0. The fraction of sp³-hybridized carbons (Fsp3) is 0.571. The van der Waals surface area contributed by atoms with E-state index < -0.39 is 6.16 Å². The van der Waals surface area contributed by atoms with Crippen molar-refractivity contribution in [1.82, 2.24) is 0 Å². The lowest BCUT2D eigenvalue weighted by Gasteiger charge is -2.09. The lowest BCUT2D eigenvalue weighted by molar-refractivity contribution is 0.114. The third kappa shape index (κ3) is 2.09. The Kier molecular flexibility index (Phi) is 2.31. The van der Waals surface area contributed by atoms with Crippen molar-refractivity contribution in [3.05, 3.63) is 11.8 Å². The van der Waals surface area contributed by atoms with Gasteiger partial charge in [0, 0.05) is 6.42 Å². The molecule has 1 rings (SSSR count). The summed E-state index contributed by atoms with van der Waals surface area (Å²) >= 11 is 0. The topological polar surface area (TPSA) is 46.5 Å². The molecule has 0 spiro atoms. The lowest BCUT2D eigenvalue weighted by Crippen LogP contribution is -2.02. The second-order valence-corrected chi connectivity index (χ2v) is 2.28. The number of ether oxygens (including phenoxy) is 1. The van der Waals surface area contributed by atoms with Gasteiger partial charge in [-0.1, -0.05) is 0 Å². The van der Waals surface area contributed by atoms with Gasteiger partial charge in [-0.25, -0.2) is 4.79 Å². The molecule has 0 bridgehead atoms. The highest BCUT2D eigenvalue weighted by molar-refractivity contribution is 5.58.